The van der Waals surface area contributed by atoms with Gasteiger partial charge in [-0.25, -0.2) is 9.78 Å². The van der Waals surface area contributed by atoms with E-state index in [1.54, 1.807) is 27.8 Å². The van der Waals surface area contributed by atoms with Crippen molar-refractivity contribution in [3.05, 3.63) is 24.4 Å². The van der Waals surface area contributed by atoms with Crippen molar-refractivity contribution >= 4 is 38.6 Å². The first-order valence-corrected chi connectivity index (χ1v) is 6.84. The van der Waals surface area contributed by atoms with E-state index in [4.69, 9.17) is 11.6 Å². The fourth-order valence-electron chi connectivity index (χ4n) is 0.738. The molecule has 0 fully saturated rings. The van der Waals surface area contributed by atoms with E-state index in [0.717, 1.165) is 5.03 Å². The van der Waals surface area contributed by atoms with Crippen molar-refractivity contribution in [2.45, 2.75) is 17.2 Å². The highest BCUT2D eigenvalue weighted by Gasteiger charge is 2.07. The van der Waals surface area contributed by atoms with Crippen molar-refractivity contribution in [3.63, 3.8) is 0 Å². The van der Waals surface area contributed by atoms with Gasteiger partial charge in [0.05, 0.1) is 0 Å². The third-order valence-corrected chi connectivity index (χ3v) is 4.24. The highest BCUT2D eigenvalue weighted by molar-refractivity contribution is 8.76. The first kappa shape index (κ1) is 12.7. The maximum atomic E-state index is 10.3. The van der Waals surface area contributed by atoms with Gasteiger partial charge in [-0.3, -0.25) is 0 Å². The van der Waals surface area contributed by atoms with E-state index in [-0.39, 0.29) is 5.25 Å². The lowest BCUT2D eigenvalue weighted by Gasteiger charge is -2.08. The zero-order valence-corrected chi connectivity index (χ0v) is 10.4. The minimum absolute atomic E-state index is 0.180. The molecule has 1 aromatic rings. The van der Waals surface area contributed by atoms with E-state index in [0.29, 0.717) is 6.61 Å². The summed E-state index contributed by atoms with van der Waals surface area (Å²) in [6.45, 7) is 2.27. The van der Waals surface area contributed by atoms with Crippen LogP contribution < -0.4 is 0 Å². The molecule has 0 saturated carbocycles. The summed E-state index contributed by atoms with van der Waals surface area (Å²) in [5, 5.41) is 1.12. The lowest BCUT2D eigenvalue weighted by molar-refractivity contribution is 0.175. The standard InChI is InChI=1S/C9H10ClNO2S2/c1-7(6-13-9(10)12)14-15-8-4-2-3-5-11-8/h2-5,7H,6H2,1H3. The van der Waals surface area contributed by atoms with Crippen LogP contribution in [0.2, 0.25) is 0 Å². The number of pyridine rings is 1. The highest BCUT2D eigenvalue weighted by Crippen LogP contribution is 2.32. The zero-order valence-electron chi connectivity index (χ0n) is 8.05. The normalized spacial score (nSPS) is 12.1. The number of ether oxygens (including phenoxy) is 1. The van der Waals surface area contributed by atoms with Crippen LogP contribution in [0.3, 0.4) is 0 Å². The minimum atomic E-state index is -0.759. The molecule has 1 heterocycles. The average Bonchev–Trinajstić information content (AvgIpc) is 2.25. The summed E-state index contributed by atoms with van der Waals surface area (Å²) in [5.74, 6) is 0. The Morgan fingerprint density at radius 1 is 1.67 bits per heavy atom. The van der Waals surface area contributed by atoms with E-state index in [1.807, 2.05) is 25.1 Å². The molecule has 0 amide bonds. The Bertz CT molecular complexity index is 310. The Kier molecular flexibility index (Phi) is 5.90. The third-order valence-electron chi connectivity index (χ3n) is 1.37. The fourth-order valence-corrected chi connectivity index (χ4v) is 2.68. The van der Waals surface area contributed by atoms with Gasteiger partial charge in [0.25, 0.3) is 0 Å². The Morgan fingerprint density at radius 2 is 2.47 bits per heavy atom. The van der Waals surface area contributed by atoms with Gasteiger partial charge in [0.2, 0.25) is 0 Å². The first-order valence-electron chi connectivity index (χ1n) is 4.25. The van der Waals surface area contributed by atoms with Crippen molar-refractivity contribution in [2.24, 2.45) is 0 Å². The van der Waals surface area contributed by atoms with Crippen molar-refractivity contribution < 1.29 is 9.53 Å². The summed E-state index contributed by atoms with van der Waals surface area (Å²) >= 11 is 5.05. The molecule has 0 radical (unpaired) electrons. The number of carbonyl (C=O) groups is 1. The number of hydrogen-bond donors (Lipinski definition) is 0. The lowest BCUT2D eigenvalue weighted by atomic mass is 10.5. The molecular formula is C9H10ClNO2S2. The second kappa shape index (κ2) is 6.98. The van der Waals surface area contributed by atoms with Crippen LogP contribution in [0.15, 0.2) is 29.4 Å². The molecule has 1 rings (SSSR count). The van der Waals surface area contributed by atoms with E-state index in [2.05, 4.69) is 9.72 Å². The third kappa shape index (κ3) is 5.92. The first-order chi connectivity index (χ1) is 7.18. The van der Waals surface area contributed by atoms with E-state index < -0.39 is 5.43 Å². The summed E-state index contributed by atoms with van der Waals surface area (Å²) in [5.41, 5.74) is -0.759. The monoisotopic (exact) mass is 263 g/mol. The van der Waals surface area contributed by atoms with Crippen LogP contribution in [-0.4, -0.2) is 22.3 Å². The second-order valence-electron chi connectivity index (χ2n) is 2.71. The summed E-state index contributed by atoms with van der Waals surface area (Å²) in [4.78, 5) is 14.5. The van der Waals surface area contributed by atoms with Gasteiger partial charge in [0, 0.05) is 23.0 Å². The zero-order chi connectivity index (χ0) is 11.1. The molecule has 0 aliphatic heterocycles. The smallest absolute Gasteiger partial charge is 0.403 e. The molecule has 0 aliphatic carbocycles. The van der Waals surface area contributed by atoms with Crippen LogP contribution in [-0.2, 0) is 4.74 Å². The molecule has 15 heavy (non-hydrogen) atoms. The SMILES string of the molecule is CC(COC(=O)Cl)SSc1ccccn1. The van der Waals surface area contributed by atoms with Crippen LogP contribution in [0.4, 0.5) is 4.79 Å². The van der Waals surface area contributed by atoms with E-state index in [1.165, 1.54) is 0 Å². The van der Waals surface area contributed by atoms with Gasteiger partial charge in [-0.15, -0.1) is 0 Å². The second-order valence-corrected chi connectivity index (χ2v) is 5.67. The fraction of sp³-hybridized carbons (Fsp3) is 0.333. The number of hydrogen-bond acceptors (Lipinski definition) is 5. The van der Waals surface area contributed by atoms with Gasteiger partial charge in [-0.2, -0.15) is 0 Å². The molecule has 6 heteroatoms. The molecule has 0 saturated heterocycles. The molecule has 3 nitrogen and oxygen atoms in total. The molecule has 82 valence electrons. The molecule has 0 bridgehead atoms. The van der Waals surface area contributed by atoms with Gasteiger partial charge < -0.3 is 4.74 Å². The van der Waals surface area contributed by atoms with Crippen molar-refractivity contribution in [1.82, 2.24) is 4.98 Å². The molecule has 1 aromatic heterocycles. The largest absolute Gasteiger partial charge is 0.452 e. The minimum Gasteiger partial charge on any atom is -0.452 e. The van der Waals surface area contributed by atoms with Crippen LogP contribution in [0.5, 0.6) is 0 Å². The number of halogens is 1. The number of rotatable bonds is 5. The van der Waals surface area contributed by atoms with E-state index in [9.17, 15) is 4.79 Å². The molecule has 0 aromatic carbocycles. The predicted octanol–water partition coefficient (Wildman–Crippen LogP) is 3.59. The number of nitrogens with zero attached hydrogens (tertiary/aromatic N) is 1. The summed E-state index contributed by atoms with van der Waals surface area (Å²) in [6, 6.07) is 5.73. The number of aromatic nitrogens is 1. The molecule has 0 N–H and O–H groups in total. The van der Waals surface area contributed by atoms with Crippen molar-refractivity contribution in [2.75, 3.05) is 6.61 Å². The van der Waals surface area contributed by atoms with E-state index >= 15 is 0 Å². The van der Waals surface area contributed by atoms with Gasteiger partial charge >= 0.3 is 5.43 Å². The Morgan fingerprint density at radius 3 is 3.07 bits per heavy atom. The van der Waals surface area contributed by atoms with Gasteiger partial charge in [0.15, 0.2) is 0 Å². The lowest BCUT2D eigenvalue weighted by Crippen LogP contribution is -2.07. The maximum absolute atomic E-state index is 10.3. The number of carbonyl (C=O) groups excluding carboxylic acids is 1. The van der Waals surface area contributed by atoms with Gasteiger partial charge in [-0.1, -0.05) is 16.9 Å². The predicted molar refractivity (Wildman–Crippen MR) is 64.3 cm³/mol. The molecule has 0 aliphatic rings. The summed E-state index contributed by atoms with van der Waals surface area (Å²) < 4.78 is 4.66. The van der Waals surface area contributed by atoms with Crippen molar-refractivity contribution in [3.8, 4) is 0 Å². The van der Waals surface area contributed by atoms with Gasteiger partial charge in [-0.05, 0) is 29.9 Å². The Balaban J connectivity index is 2.22. The van der Waals surface area contributed by atoms with Crippen LogP contribution >= 0.6 is 33.2 Å². The maximum Gasteiger partial charge on any atom is 0.403 e. The highest BCUT2D eigenvalue weighted by atomic mass is 35.5. The van der Waals surface area contributed by atoms with Crippen molar-refractivity contribution in [1.29, 1.82) is 0 Å². The Hall–Kier alpha value is -0.390. The molecule has 0 spiro atoms. The topological polar surface area (TPSA) is 39.2 Å². The van der Waals surface area contributed by atoms with Crippen LogP contribution in [0.25, 0.3) is 0 Å². The van der Waals surface area contributed by atoms with Crippen LogP contribution in [0.1, 0.15) is 6.92 Å². The summed E-state index contributed by atoms with van der Waals surface area (Å²) in [7, 11) is 3.14. The summed E-state index contributed by atoms with van der Waals surface area (Å²) in [6.07, 6.45) is 1.74. The molecular weight excluding hydrogens is 254 g/mol. The van der Waals surface area contributed by atoms with Gasteiger partial charge in [0.1, 0.15) is 11.6 Å². The quantitative estimate of drug-likeness (QED) is 0.600. The van der Waals surface area contributed by atoms with Crippen LogP contribution in [0, 0.1) is 0 Å². The molecule has 1 unspecified atom stereocenters. The average molecular weight is 264 g/mol. The Labute approximate surface area is 101 Å². The molecule has 1 atom stereocenters.